The van der Waals surface area contributed by atoms with Gasteiger partial charge < -0.3 is 18.4 Å². The van der Waals surface area contributed by atoms with E-state index in [4.69, 9.17) is 0 Å². The fourth-order valence-corrected chi connectivity index (χ4v) is 5.26. The Kier molecular flexibility index (Phi) is 30.2. The molecule has 14 nitrogen and oxygen atoms in total. The number of aromatic amines is 3. The lowest BCUT2D eigenvalue weighted by atomic mass is 10.4. The molecule has 0 radical (unpaired) electrons. The van der Waals surface area contributed by atoms with Crippen LogP contribution in [0.3, 0.4) is 0 Å². The lowest BCUT2D eigenvalue weighted by molar-refractivity contribution is 0.415. The maximum Gasteiger partial charge on any atom is 0.180 e. The molecule has 10 aromatic heterocycles. The molecule has 0 spiro atoms. The van der Waals surface area contributed by atoms with Crippen LogP contribution in [0.5, 0.6) is 0 Å². The largest absolute Gasteiger partial charge is 0.452 e. The highest BCUT2D eigenvalue weighted by Crippen LogP contribution is 2.01. The van der Waals surface area contributed by atoms with E-state index in [1.54, 1.807) is 66.1 Å². The summed E-state index contributed by atoms with van der Waals surface area (Å²) in [4.78, 5) is 10.6. The van der Waals surface area contributed by atoms with Gasteiger partial charge in [-0.1, -0.05) is 10.3 Å². The first-order chi connectivity index (χ1) is 28.9. The second-order valence-electron chi connectivity index (χ2n) is 12.1. The van der Waals surface area contributed by atoms with Gasteiger partial charge in [-0.3, -0.25) is 15.2 Å². The first-order valence-corrected chi connectivity index (χ1v) is 21.6. The number of thiazole rings is 1. The molecular formula is C42H55N11O3S4. The first-order valence-electron chi connectivity index (χ1n) is 18.1. The average molecular weight is 890 g/mol. The molecule has 320 valence electrons. The quantitative estimate of drug-likeness (QED) is 0.131. The zero-order valence-corrected chi connectivity index (χ0v) is 38.9. The lowest BCUT2D eigenvalue weighted by Crippen LogP contribution is -1.65. The van der Waals surface area contributed by atoms with E-state index < -0.39 is 0 Å². The summed E-state index contributed by atoms with van der Waals surface area (Å²) < 4.78 is 21.4. The van der Waals surface area contributed by atoms with E-state index in [2.05, 4.69) is 98.5 Å². The van der Waals surface area contributed by atoms with E-state index in [-0.39, 0.29) is 0 Å². The van der Waals surface area contributed by atoms with Gasteiger partial charge in [0.25, 0.3) is 0 Å². The summed E-state index contributed by atoms with van der Waals surface area (Å²) >= 11 is 6.35. The SMILES string of the molecule is Cc1cc[nH]c1.Cc1ccn[nH]1.Cc1ccon1.Cc1ccsc1.Cc1ccsn1.Cc1cn[nH]c1.Cc1cnoc1.Cc1cnsc1.Cc1cocn1.Cc1cscn1. The standard InChI is InChI=1S/C5H7N.C5H6S.2C4H6N2.3C4H5NO.3C4H5NS/c2*1-5-2-3-6-4-5;1-4-2-5-6-3-4;1-4-2-3-5-6-4;1-4-2-6-3-5-4;1-4-2-5-6-3-4;1-4-2-3-6-5-4;1-4-2-6-3-5-4;1-4-2-5-6-3-4;1-4-2-3-6-5-4/h2-4,6H,1H3;2-4H,1H3;2*2-3H,1H3,(H,5,6);6*2-3H,1H3. The van der Waals surface area contributed by atoms with E-state index in [0.29, 0.717) is 0 Å². The molecular weight excluding hydrogens is 835 g/mol. The third kappa shape index (κ3) is 32.9. The molecule has 3 N–H and O–H groups in total. The second-order valence-corrected chi connectivity index (χ2v) is 15.0. The third-order valence-corrected chi connectivity index (χ3v) is 8.91. The van der Waals surface area contributed by atoms with Gasteiger partial charge in [-0.2, -0.15) is 25.9 Å². The summed E-state index contributed by atoms with van der Waals surface area (Å²) in [6.07, 6.45) is 18.9. The minimum absolute atomic E-state index is 0.926. The van der Waals surface area contributed by atoms with Gasteiger partial charge in [0.1, 0.15) is 18.8 Å². The number of aryl methyl sites for hydroxylation is 10. The van der Waals surface area contributed by atoms with Crippen molar-refractivity contribution >= 4 is 45.7 Å². The molecule has 10 rings (SSSR count). The van der Waals surface area contributed by atoms with Gasteiger partial charge in [0, 0.05) is 70.1 Å². The fraction of sp³-hybridized carbons (Fsp3) is 0.238. The number of rotatable bonds is 0. The van der Waals surface area contributed by atoms with Crippen LogP contribution in [0.1, 0.15) is 56.3 Å². The molecule has 0 aromatic carbocycles. The molecule has 0 amide bonds. The van der Waals surface area contributed by atoms with Gasteiger partial charge in [0.05, 0.1) is 35.0 Å². The minimum atomic E-state index is 0.926. The van der Waals surface area contributed by atoms with Crippen molar-refractivity contribution in [2.75, 3.05) is 0 Å². The molecule has 0 unspecified atom stereocenters. The first kappa shape index (κ1) is 51.9. The molecule has 0 bridgehead atoms. The van der Waals surface area contributed by atoms with Crippen LogP contribution in [0.2, 0.25) is 0 Å². The Hall–Kier alpha value is -6.08. The second kappa shape index (κ2) is 34.9. The van der Waals surface area contributed by atoms with Crippen LogP contribution in [0.15, 0.2) is 145 Å². The van der Waals surface area contributed by atoms with E-state index in [1.807, 2.05) is 120 Å². The number of aromatic nitrogens is 11. The van der Waals surface area contributed by atoms with Crippen molar-refractivity contribution in [3.05, 3.63) is 188 Å². The van der Waals surface area contributed by atoms with Crippen molar-refractivity contribution in [3.8, 4) is 0 Å². The van der Waals surface area contributed by atoms with E-state index in [9.17, 15) is 0 Å². The maximum absolute atomic E-state index is 4.60. The zero-order valence-electron chi connectivity index (χ0n) is 35.6. The fourth-order valence-electron chi connectivity index (χ4n) is 2.99. The van der Waals surface area contributed by atoms with Gasteiger partial charge in [-0.15, -0.1) is 11.3 Å². The highest BCUT2D eigenvalue weighted by molar-refractivity contribution is 7.08. The van der Waals surface area contributed by atoms with Gasteiger partial charge in [-0.05, 0) is 150 Å². The summed E-state index contributed by atoms with van der Waals surface area (Å²) in [6.45, 7) is 19.8. The van der Waals surface area contributed by atoms with E-state index in [0.717, 1.165) is 34.0 Å². The number of hydrogen-bond donors (Lipinski definition) is 3. The van der Waals surface area contributed by atoms with Gasteiger partial charge >= 0.3 is 0 Å². The number of thiophene rings is 1. The molecule has 0 saturated carbocycles. The van der Waals surface area contributed by atoms with Crippen LogP contribution in [0.25, 0.3) is 0 Å². The highest BCUT2D eigenvalue weighted by atomic mass is 32.1. The minimum Gasteiger partial charge on any atom is -0.452 e. The van der Waals surface area contributed by atoms with Crippen LogP contribution in [0.4, 0.5) is 0 Å². The van der Waals surface area contributed by atoms with Crippen molar-refractivity contribution in [1.29, 1.82) is 0 Å². The Morgan fingerprint density at radius 1 is 0.583 bits per heavy atom. The summed E-state index contributed by atoms with van der Waals surface area (Å²) in [6, 6.07) is 9.84. The number of hydrogen-bond acceptors (Lipinski definition) is 15. The number of nitrogens with one attached hydrogen (secondary N) is 3. The maximum atomic E-state index is 4.60. The molecule has 0 aliphatic heterocycles. The van der Waals surface area contributed by atoms with E-state index in [1.165, 1.54) is 51.7 Å². The average Bonchev–Trinajstić information content (AvgIpc) is 4.06. The van der Waals surface area contributed by atoms with Crippen LogP contribution in [0, 0.1) is 69.2 Å². The van der Waals surface area contributed by atoms with Crippen molar-refractivity contribution < 1.29 is 13.5 Å². The van der Waals surface area contributed by atoms with Crippen molar-refractivity contribution in [1.82, 2.24) is 54.4 Å². The Bertz CT molecular complexity index is 1650. The van der Waals surface area contributed by atoms with Gasteiger partial charge in [0.15, 0.2) is 6.39 Å². The molecule has 60 heavy (non-hydrogen) atoms. The Labute approximate surface area is 368 Å². The van der Waals surface area contributed by atoms with Crippen LogP contribution >= 0.6 is 45.7 Å². The molecule has 0 aliphatic carbocycles. The number of H-pyrrole nitrogens is 3. The van der Waals surface area contributed by atoms with Gasteiger partial charge in [0.2, 0.25) is 0 Å². The monoisotopic (exact) mass is 889 g/mol. The molecule has 10 aromatic rings. The molecule has 0 fully saturated rings. The van der Waals surface area contributed by atoms with Crippen LogP contribution in [-0.2, 0) is 0 Å². The predicted octanol–water partition coefficient (Wildman–Crippen LogP) is 12.1. The van der Waals surface area contributed by atoms with Crippen molar-refractivity contribution in [3.63, 3.8) is 0 Å². The van der Waals surface area contributed by atoms with Crippen LogP contribution in [-0.4, -0.2) is 54.4 Å². The van der Waals surface area contributed by atoms with Gasteiger partial charge in [-0.25, -0.2) is 9.36 Å². The van der Waals surface area contributed by atoms with Crippen LogP contribution < -0.4 is 0 Å². The Morgan fingerprint density at radius 3 is 1.58 bits per heavy atom. The highest BCUT2D eigenvalue weighted by Gasteiger charge is 1.81. The molecule has 0 atom stereocenters. The smallest absolute Gasteiger partial charge is 0.180 e. The molecule has 10 heterocycles. The third-order valence-electron chi connectivity index (χ3n) is 6.05. The number of nitrogens with zero attached hydrogens (tertiary/aromatic N) is 8. The summed E-state index contributed by atoms with van der Waals surface area (Å²) in [7, 11) is 0. The van der Waals surface area contributed by atoms with Crippen molar-refractivity contribution in [2.24, 2.45) is 0 Å². The number of oxazole rings is 1. The zero-order chi connectivity index (χ0) is 44.1. The molecule has 0 aliphatic rings. The van der Waals surface area contributed by atoms with Crippen molar-refractivity contribution in [2.45, 2.75) is 69.2 Å². The predicted molar refractivity (Wildman–Crippen MR) is 246 cm³/mol. The Balaban J connectivity index is 0.000000333. The summed E-state index contributed by atoms with van der Waals surface area (Å²) in [5.74, 6) is 0. The van der Waals surface area contributed by atoms with E-state index >= 15 is 0 Å². The topological polar surface area (TPSA) is 190 Å². The molecule has 0 saturated heterocycles. The summed E-state index contributed by atoms with van der Waals surface area (Å²) in [5.41, 5.74) is 13.1. The normalized spacial score (nSPS) is 8.83. The summed E-state index contributed by atoms with van der Waals surface area (Å²) in [5, 5.41) is 30.0. The Morgan fingerprint density at radius 2 is 1.42 bits per heavy atom. The lowest BCUT2D eigenvalue weighted by Gasteiger charge is -1.68. The molecule has 18 heteroatoms.